The molecule has 1 aliphatic heterocycles. The number of sulfonamides is 1. The number of hydrogen-bond donors (Lipinski definition) is 3. The summed E-state index contributed by atoms with van der Waals surface area (Å²) >= 11 is 0. The van der Waals surface area contributed by atoms with E-state index in [1.165, 1.54) is 13.0 Å². The number of hydrogen-bond acceptors (Lipinski definition) is 5. The molecule has 2 rings (SSSR count). The Hall–Kier alpha value is -2.33. The van der Waals surface area contributed by atoms with Crippen molar-refractivity contribution in [3.63, 3.8) is 0 Å². The van der Waals surface area contributed by atoms with Gasteiger partial charge in [0.2, 0.25) is 15.9 Å². The predicted octanol–water partition coefficient (Wildman–Crippen LogP) is 0.429. The van der Waals surface area contributed by atoms with Crippen LogP contribution in [0.15, 0.2) is 24.3 Å². The molecule has 0 atom stereocenters. The summed E-state index contributed by atoms with van der Waals surface area (Å²) in [6, 6.07) is 6.08. The Morgan fingerprint density at radius 3 is 2.56 bits per heavy atom. The maximum absolute atomic E-state index is 12.1. The van der Waals surface area contributed by atoms with Gasteiger partial charge < -0.3 is 20.3 Å². The lowest BCUT2D eigenvalue weighted by Crippen LogP contribution is -2.47. The Bertz CT molecular complexity index is 716. The number of benzene rings is 1. The van der Waals surface area contributed by atoms with Crippen LogP contribution in [-0.4, -0.2) is 63.9 Å². The molecule has 0 saturated carbocycles. The van der Waals surface area contributed by atoms with E-state index >= 15 is 0 Å². The van der Waals surface area contributed by atoms with Crippen LogP contribution in [-0.2, 0) is 19.6 Å². The van der Waals surface area contributed by atoms with E-state index in [9.17, 15) is 18.0 Å². The maximum atomic E-state index is 12.1. The van der Waals surface area contributed by atoms with Gasteiger partial charge in [-0.05, 0) is 18.2 Å². The number of nitrogens with one attached hydrogen (secondary N) is 3. The Kier molecular flexibility index (Phi) is 6.59. The number of carbonyl (C=O) groups is 2. The lowest BCUT2D eigenvalue weighted by Gasteiger charge is -2.26. The summed E-state index contributed by atoms with van der Waals surface area (Å²) in [6.07, 6.45) is 0. The van der Waals surface area contributed by atoms with Crippen LogP contribution in [0.4, 0.5) is 16.2 Å². The summed E-state index contributed by atoms with van der Waals surface area (Å²) in [5, 5.41) is 5.17. The van der Waals surface area contributed by atoms with Crippen molar-refractivity contribution in [2.75, 3.05) is 48.6 Å². The third-order valence-electron chi connectivity index (χ3n) is 3.40. The van der Waals surface area contributed by atoms with Gasteiger partial charge in [-0.15, -0.1) is 0 Å². The van der Waals surface area contributed by atoms with Gasteiger partial charge in [0.1, 0.15) is 0 Å². The normalized spacial score (nSPS) is 14.7. The van der Waals surface area contributed by atoms with Crippen LogP contribution in [0.1, 0.15) is 6.92 Å². The molecule has 10 heteroatoms. The van der Waals surface area contributed by atoms with Crippen molar-refractivity contribution < 1.29 is 22.7 Å². The SMILES string of the molecule is CC(=O)Nc1cccc(NS(=O)(=O)CCNC(=O)N2CCOCC2)c1. The number of amides is 3. The van der Waals surface area contributed by atoms with Crippen LogP contribution in [0.3, 0.4) is 0 Å². The highest BCUT2D eigenvalue weighted by Crippen LogP contribution is 2.16. The van der Waals surface area contributed by atoms with Crippen molar-refractivity contribution >= 4 is 33.3 Å². The van der Waals surface area contributed by atoms with Crippen molar-refractivity contribution in [3.05, 3.63) is 24.3 Å². The minimum atomic E-state index is -3.63. The number of rotatable bonds is 6. The van der Waals surface area contributed by atoms with E-state index in [0.29, 0.717) is 37.7 Å². The Morgan fingerprint density at radius 1 is 1.20 bits per heavy atom. The fourth-order valence-electron chi connectivity index (χ4n) is 2.26. The summed E-state index contributed by atoms with van der Waals surface area (Å²) in [6.45, 7) is 3.32. The van der Waals surface area contributed by atoms with E-state index in [2.05, 4.69) is 15.4 Å². The zero-order chi connectivity index (χ0) is 18.3. The first-order valence-electron chi connectivity index (χ1n) is 7.84. The second-order valence-electron chi connectivity index (χ2n) is 5.51. The minimum absolute atomic E-state index is 0.00307. The second kappa shape index (κ2) is 8.67. The van der Waals surface area contributed by atoms with Crippen molar-refractivity contribution in [1.29, 1.82) is 0 Å². The van der Waals surface area contributed by atoms with Gasteiger partial charge >= 0.3 is 6.03 Å². The molecule has 0 aromatic heterocycles. The molecule has 0 radical (unpaired) electrons. The first kappa shape index (κ1) is 19.0. The fourth-order valence-corrected chi connectivity index (χ4v) is 3.22. The van der Waals surface area contributed by atoms with Crippen LogP contribution in [0.5, 0.6) is 0 Å². The number of carbonyl (C=O) groups excluding carboxylic acids is 2. The summed E-state index contributed by atoms with van der Waals surface area (Å²) in [7, 11) is -3.63. The van der Waals surface area contributed by atoms with Crippen molar-refractivity contribution in [2.45, 2.75) is 6.92 Å². The molecule has 25 heavy (non-hydrogen) atoms. The van der Waals surface area contributed by atoms with E-state index in [4.69, 9.17) is 4.74 Å². The molecule has 1 aromatic carbocycles. The van der Waals surface area contributed by atoms with Crippen LogP contribution < -0.4 is 15.4 Å². The van der Waals surface area contributed by atoms with Crippen LogP contribution in [0, 0.1) is 0 Å². The van der Waals surface area contributed by atoms with Crippen molar-refractivity contribution in [1.82, 2.24) is 10.2 Å². The molecule has 0 unspecified atom stereocenters. The molecule has 9 nitrogen and oxygen atoms in total. The molecule has 1 aromatic rings. The van der Waals surface area contributed by atoms with Gasteiger partial charge in [-0.3, -0.25) is 9.52 Å². The lowest BCUT2D eigenvalue weighted by molar-refractivity contribution is -0.114. The largest absolute Gasteiger partial charge is 0.378 e. The first-order chi connectivity index (χ1) is 11.9. The highest BCUT2D eigenvalue weighted by Gasteiger charge is 2.17. The maximum Gasteiger partial charge on any atom is 0.317 e. The Morgan fingerprint density at radius 2 is 1.88 bits per heavy atom. The van der Waals surface area contributed by atoms with E-state index in [1.54, 1.807) is 23.1 Å². The van der Waals surface area contributed by atoms with Gasteiger partial charge in [0.05, 0.1) is 24.7 Å². The van der Waals surface area contributed by atoms with Crippen LogP contribution >= 0.6 is 0 Å². The van der Waals surface area contributed by atoms with E-state index in [1.807, 2.05) is 0 Å². The molecular weight excluding hydrogens is 348 g/mol. The van der Waals surface area contributed by atoms with Gasteiger partial charge in [0.15, 0.2) is 0 Å². The molecule has 3 N–H and O–H groups in total. The monoisotopic (exact) mass is 370 g/mol. The average Bonchev–Trinajstić information content (AvgIpc) is 2.54. The molecule has 0 spiro atoms. The number of anilines is 2. The molecule has 1 aliphatic rings. The number of ether oxygens (including phenoxy) is 1. The summed E-state index contributed by atoms with van der Waals surface area (Å²) in [5.41, 5.74) is 0.832. The Balaban J connectivity index is 1.83. The summed E-state index contributed by atoms with van der Waals surface area (Å²) in [4.78, 5) is 24.5. The quantitative estimate of drug-likeness (QED) is 0.671. The van der Waals surface area contributed by atoms with Gasteiger partial charge in [-0.25, -0.2) is 13.2 Å². The molecular formula is C15H22N4O5S. The molecule has 0 bridgehead atoms. The van der Waals surface area contributed by atoms with Crippen molar-refractivity contribution in [2.24, 2.45) is 0 Å². The highest BCUT2D eigenvalue weighted by molar-refractivity contribution is 7.92. The molecule has 1 saturated heterocycles. The van der Waals surface area contributed by atoms with Gasteiger partial charge in [0, 0.05) is 32.2 Å². The fraction of sp³-hybridized carbons (Fsp3) is 0.467. The third-order valence-corrected chi connectivity index (χ3v) is 4.69. The van der Waals surface area contributed by atoms with Crippen LogP contribution in [0.2, 0.25) is 0 Å². The number of morpholine rings is 1. The zero-order valence-corrected chi connectivity index (χ0v) is 14.8. The standard InChI is InChI=1S/C15H22N4O5S/c1-12(20)17-13-3-2-4-14(11-13)18-25(22,23)10-5-16-15(21)19-6-8-24-9-7-19/h2-4,11,18H,5-10H2,1H3,(H,16,21)(H,17,20). The van der Waals surface area contributed by atoms with E-state index < -0.39 is 10.0 Å². The van der Waals surface area contributed by atoms with Crippen molar-refractivity contribution in [3.8, 4) is 0 Å². The van der Waals surface area contributed by atoms with Gasteiger partial charge in [-0.1, -0.05) is 6.07 Å². The summed E-state index contributed by atoms with van der Waals surface area (Å²) in [5.74, 6) is -0.501. The summed E-state index contributed by atoms with van der Waals surface area (Å²) < 4.78 is 31.8. The van der Waals surface area contributed by atoms with E-state index in [0.717, 1.165) is 0 Å². The number of nitrogens with zero attached hydrogens (tertiary/aromatic N) is 1. The lowest BCUT2D eigenvalue weighted by atomic mass is 10.3. The number of urea groups is 1. The topological polar surface area (TPSA) is 117 Å². The average molecular weight is 370 g/mol. The predicted molar refractivity (Wildman–Crippen MR) is 93.9 cm³/mol. The van der Waals surface area contributed by atoms with Gasteiger partial charge in [0.25, 0.3) is 0 Å². The minimum Gasteiger partial charge on any atom is -0.378 e. The molecule has 1 fully saturated rings. The molecule has 138 valence electrons. The van der Waals surface area contributed by atoms with E-state index in [-0.39, 0.29) is 24.2 Å². The molecule has 3 amide bonds. The second-order valence-corrected chi connectivity index (χ2v) is 7.36. The first-order valence-corrected chi connectivity index (χ1v) is 9.49. The van der Waals surface area contributed by atoms with Gasteiger partial charge in [-0.2, -0.15) is 0 Å². The third kappa shape index (κ3) is 6.59. The van der Waals surface area contributed by atoms with Crippen LogP contribution in [0.25, 0.3) is 0 Å². The highest BCUT2D eigenvalue weighted by atomic mass is 32.2. The zero-order valence-electron chi connectivity index (χ0n) is 13.9. The smallest absolute Gasteiger partial charge is 0.317 e. The molecule has 0 aliphatic carbocycles. The Labute approximate surface area is 146 Å². The molecule has 1 heterocycles.